The average Bonchev–Trinajstić information content (AvgIpc) is 3.56. The molecule has 1 atom stereocenters. The smallest absolute Gasteiger partial charge is 0.430 e. The van der Waals surface area contributed by atoms with Crippen molar-refractivity contribution in [2.45, 2.75) is 102 Å². The molecule has 2 aliphatic heterocycles. The summed E-state index contributed by atoms with van der Waals surface area (Å²) in [5.41, 5.74) is -6.49. The zero-order valence-corrected chi connectivity index (χ0v) is 28.2. The van der Waals surface area contributed by atoms with Gasteiger partial charge in [-0.15, -0.1) is 0 Å². The number of aliphatic hydroxyl groups is 1. The Balaban J connectivity index is 1.28. The summed E-state index contributed by atoms with van der Waals surface area (Å²) < 4.78 is 107. The topological polar surface area (TPSA) is 89.5 Å². The maximum atomic E-state index is 13.9. The van der Waals surface area contributed by atoms with Crippen LogP contribution in [0.25, 0.3) is 6.08 Å². The summed E-state index contributed by atoms with van der Waals surface area (Å²) in [7, 11) is 0. The summed E-state index contributed by atoms with van der Waals surface area (Å²) in [5, 5.41) is 13.2. The summed E-state index contributed by atoms with van der Waals surface area (Å²) >= 11 is 0. The van der Waals surface area contributed by atoms with Crippen LogP contribution in [0.2, 0.25) is 0 Å². The molecule has 14 heteroatoms. The number of carbonyl (C=O) groups is 1. The number of amides is 2. The van der Waals surface area contributed by atoms with Crippen molar-refractivity contribution in [2.75, 3.05) is 26.7 Å². The molecule has 8 nitrogen and oxygen atoms in total. The number of alkyl halides is 6. The Morgan fingerprint density at radius 1 is 1.00 bits per heavy atom. The van der Waals surface area contributed by atoms with Gasteiger partial charge in [0.1, 0.15) is 12.5 Å². The lowest BCUT2D eigenvalue weighted by atomic mass is 9.86. The van der Waals surface area contributed by atoms with Crippen molar-refractivity contribution in [1.29, 1.82) is 0 Å². The van der Waals surface area contributed by atoms with E-state index in [2.05, 4.69) is 5.32 Å². The number of nitrogens with one attached hydrogen (secondary N) is 1. The Bertz CT molecular complexity index is 1510. The number of benzene rings is 2. The van der Waals surface area contributed by atoms with E-state index in [1.165, 1.54) is 11.0 Å². The molecule has 5 rings (SSSR count). The van der Waals surface area contributed by atoms with Gasteiger partial charge in [0.2, 0.25) is 6.79 Å². The number of allylic oxidation sites excluding steroid dienone is 1. The molecule has 2 heterocycles. The second kappa shape index (κ2) is 15.3. The minimum Gasteiger partial charge on any atom is -0.493 e. The predicted molar refractivity (Wildman–Crippen MR) is 173 cm³/mol. The third-order valence-corrected chi connectivity index (χ3v) is 9.62. The minimum absolute atomic E-state index is 0.0223. The van der Waals surface area contributed by atoms with Crippen LogP contribution in [0.1, 0.15) is 93.9 Å². The molecule has 1 saturated heterocycles. The predicted octanol–water partition coefficient (Wildman–Crippen LogP) is 8.69. The van der Waals surface area contributed by atoms with Crippen LogP contribution in [0, 0.1) is 5.92 Å². The first-order valence-electron chi connectivity index (χ1n) is 17.2. The number of urea groups is 1. The maximum absolute atomic E-state index is 13.9. The van der Waals surface area contributed by atoms with Gasteiger partial charge in [0, 0.05) is 23.2 Å². The highest BCUT2D eigenvalue weighted by atomic mass is 19.4. The first-order valence-corrected chi connectivity index (χ1v) is 17.2. The SMILES string of the molecule is CCCc1cc(C(O)(C(F)(F)F)C(F)(F)F)cc(/C=C/C2CCCCC2)c1OCCCCN1COC(CC)(c2ccc3c(c2)OCO3)NC1=O. The summed E-state index contributed by atoms with van der Waals surface area (Å²) in [5.74, 6) is 1.50. The summed E-state index contributed by atoms with van der Waals surface area (Å²) in [4.78, 5) is 14.6. The molecular formula is C36H44F6N2O6. The van der Waals surface area contributed by atoms with E-state index in [4.69, 9.17) is 18.9 Å². The van der Waals surface area contributed by atoms with E-state index in [1.807, 2.05) is 19.1 Å². The molecule has 2 aromatic carbocycles. The highest BCUT2D eigenvalue weighted by Crippen LogP contribution is 2.51. The minimum atomic E-state index is -6.01. The van der Waals surface area contributed by atoms with Crippen LogP contribution in [-0.4, -0.2) is 55.1 Å². The molecule has 2 fully saturated rings. The highest BCUT2D eigenvalue weighted by molar-refractivity contribution is 5.75. The van der Waals surface area contributed by atoms with Crippen LogP contribution in [-0.2, 0) is 22.5 Å². The van der Waals surface area contributed by atoms with Gasteiger partial charge in [0.05, 0.1) is 6.61 Å². The molecule has 2 aromatic rings. The molecule has 1 aliphatic carbocycles. The number of aryl methyl sites for hydroxylation is 1. The van der Waals surface area contributed by atoms with Gasteiger partial charge in [0.25, 0.3) is 5.60 Å². The van der Waals surface area contributed by atoms with Gasteiger partial charge in [-0.25, -0.2) is 4.79 Å². The monoisotopic (exact) mass is 714 g/mol. The molecule has 276 valence electrons. The number of fused-ring (bicyclic) bond motifs is 1. The van der Waals surface area contributed by atoms with Crippen LogP contribution < -0.4 is 19.5 Å². The van der Waals surface area contributed by atoms with Crippen molar-refractivity contribution >= 4 is 12.1 Å². The van der Waals surface area contributed by atoms with Gasteiger partial charge >= 0.3 is 18.4 Å². The fraction of sp³-hybridized carbons (Fsp3) is 0.583. The van der Waals surface area contributed by atoms with Gasteiger partial charge in [-0.1, -0.05) is 57.7 Å². The van der Waals surface area contributed by atoms with Crippen molar-refractivity contribution in [3.8, 4) is 17.2 Å². The number of nitrogens with zero attached hydrogens (tertiary/aromatic N) is 1. The van der Waals surface area contributed by atoms with Gasteiger partial charge < -0.3 is 34.3 Å². The molecular weight excluding hydrogens is 670 g/mol. The fourth-order valence-corrected chi connectivity index (χ4v) is 6.71. The molecule has 2 amide bonds. The Labute approximate surface area is 287 Å². The normalized spacial score (nSPS) is 20.4. The number of unbranched alkanes of at least 4 members (excludes halogenated alkanes) is 1. The van der Waals surface area contributed by atoms with E-state index in [9.17, 15) is 36.2 Å². The van der Waals surface area contributed by atoms with Crippen LogP contribution >= 0.6 is 0 Å². The van der Waals surface area contributed by atoms with Gasteiger partial charge in [-0.3, -0.25) is 0 Å². The van der Waals surface area contributed by atoms with Crippen molar-refractivity contribution in [3.63, 3.8) is 0 Å². The largest absolute Gasteiger partial charge is 0.493 e. The number of hydrogen-bond donors (Lipinski definition) is 2. The lowest BCUT2D eigenvalue weighted by Gasteiger charge is -2.42. The number of hydrogen-bond acceptors (Lipinski definition) is 6. The molecule has 1 saturated carbocycles. The standard InChI is InChI=1S/C36H44F6N2O6/c1-3-10-25-19-28(34(46,35(37,38)39)36(40,41)42)20-26(14-13-24-11-6-5-7-12-24)31(25)47-18-9-8-17-44-22-50-33(4-2,43-32(44)45)27-15-16-29-30(21-27)49-23-48-29/h13-16,19-21,24,46H,3-12,17-18,22-23H2,1-2H3,(H,43,45)/b14-13+. The Hall–Kier alpha value is -3.65. The molecule has 0 spiro atoms. The van der Waals surface area contributed by atoms with E-state index in [0.29, 0.717) is 43.7 Å². The molecule has 50 heavy (non-hydrogen) atoms. The quantitative estimate of drug-likeness (QED) is 0.160. The van der Waals surface area contributed by atoms with E-state index in [1.54, 1.807) is 19.1 Å². The lowest BCUT2D eigenvalue weighted by molar-refractivity contribution is -0.376. The van der Waals surface area contributed by atoms with Crippen LogP contribution in [0.5, 0.6) is 17.2 Å². The molecule has 0 radical (unpaired) electrons. The zero-order chi connectivity index (χ0) is 36.2. The number of carbonyl (C=O) groups excluding carboxylic acids is 1. The van der Waals surface area contributed by atoms with Crippen LogP contribution in [0.15, 0.2) is 36.4 Å². The number of halogens is 6. The molecule has 0 aromatic heterocycles. The summed E-state index contributed by atoms with van der Waals surface area (Å²) in [6, 6.07) is 6.53. The van der Waals surface area contributed by atoms with Crippen molar-refractivity contribution in [3.05, 3.63) is 58.7 Å². The molecule has 0 bridgehead atoms. The average molecular weight is 715 g/mol. The van der Waals surface area contributed by atoms with Gasteiger partial charge in [-0.05, 0) is 74.3 Å². The molecule has 2 N–H and O–H groups in total. The maximum Gasteiger partial charge on any atom is 0.430 e. The van der Waals surface area contributed by atoms with Crippen LogP contribution in [0.4, 0.5) is 31.1 Å². The number of rotatable bonds is 13. The van der Waals surface area contributed by atoms with Crippen LogP contribution in [0.3, 0.4) is 0 Å². The van der Waals surface area contributed by atoms with E-state index >= 15 is 0 Å². The zero-order valence-electron chi connectivity index (χ0n) is 28.2. The first-order chi connectivity index (χ1) is 23.7. The Morgan fingerprint density at radius 3 is 2.38 bits per heavy atom. The summed E-state index contributed by atoms with van der Waals surface area (Å²) in [6.45, 7) is 4.19. The first kappa shape index (κ1) is 37.6. The third-order valence-electron chi connectivity index (χ3n) is 9.62. The third kappa shape index (κ3) is 7.80. The Morgan fingerprint density at radius 2 is 1.72 bits per heavy atom. The molecule has 1 unspecified atom stereocenters. The van der Waals surface area contributed by atoms with Crippen molar-refractivity contribution in [1.82, 2.24) is 10.2 Å². The van der Waals surface area contributed by atoms with E-state index in [0.717, 1.165) is 49.8 Å². The van der Waals surface area contributed by atoms with E-state index < -0.39 is 29.2 Å². The van der Waals surface area contributed by atoms with E-state index in [-0.39, 0.29) is 55.4 Å². The molecule has 3 aliphatic rings. The second-order valence-electron chi connectivity index (χ2n) is 13.0. The van der Waals surface area contributed by atoms with Crippen molar-refractivity contribution in [2.24, 2.45) is 5.92 Å². The Kier molecular flexibility index (Phi) is 11.5. The van der Waals surface area contributed by atoms with Gasteiger partial charge in [-0.2, -0.15) is 26.3 Å². The number of ether oxygens (including phenoxy) is 4. The second-order valence-corrected chi connectivity index (χ2v) is 13.0. The summed E-state index contributed by atoms with van der Waals surface area (Å²) in [6.07, 6.45) is -1.98. The highest BCUT2D eigenvalue weighted by Gasteiger charge is 2.71. The van der Waals surface area contributed by atoms with Gasteiger partial charge in [0.15, 0.2) is 17.2 Å². The lowest BCUT2D eigenvalue weighted by Crippen LogP contribution is -2.59. The fourth-order valence-electron chi connectivity index (χ4n) is 6.71. The van der Waals surface area contributed by atoms with Crippen molar-refractivity contribution < 1.29 is 55.2 Å².